The van der Waals surface area contributed by atoms with E-state index in [2.05, 4.69) is 27.3 Å². The zero-order chi connectivity index (χ0) is 18.5. The Morgan fingerprint density at radius 3 is 2.63 bits per heavy atom. The van der Waals surface area contributed by atoms with Gasteiger partial charge in [0.1, 0.15) is 11.2 Å². The number of benzene rings is 1. The molecule has 0 bridgehead atoms. The van der Waals surface area contributed by atoms with E-state index in [-0.39, 0.29) is 0 Å². The number of thiophene rings is 1. The third-order valence-electron chi connectivity index (χ3n) is 4.64. The summed E-state index contributed by atoms with van der Waals surface area (Å²) in [6.45, 7) is 4.58. The number of aryl methyl sites for hydroxylation is 1. The first-order valence-electron chi connectivity index (χ1n) is 8.47. The predicted molar refractivity (Wildman–Crippen MR) is 107 cm³/mol. The molecule has 0 atom stereocenters. The van der Waals surface area contributed by atoms with Crippen LogP contribution in [-0.2, 0) is 6.54 Å². The maximum Gasteiger partial charge on any atom is 0.182 e. The van der Waals surface area contributed by atoms with Gasteiger partial charge < -0.3 is 0 Å². The normalized spacial score (nSPS) is 11.7. The van der Waals surface area contributed by atoms with Crippen molar-refractivity contribution in [2.24, 2.45) is 0 Å². The lowest BCUT2D eigenvalue weighted by atomic mass is 10.1. The Hall–Kier alpha value is -2.77. The van der Waals surface area contributed by atoms with Crippen LogP contribution in [-0.4, -0.2) is 29.4 Å². The Kier molecular flexibility index (Phi) is 3.73. The van der Waals surface area contributed by atoms with E-state index in [0.717, 1.165) is 43.4 Å². The number of nitrogens with zero attached hydrogens (tertiary/aromatic N) is 6. The number of halogens is 1. The molecular formula is C19H15ClN6S. The third kappa shape index (κ3) is 2.70. The fraction of sp³-hybridized carbons (Fsp3) is 0.158. The van der Waals surface area contributed by atoms with Crippen LogP contribution in [0.2, 0.25) is 5.02 Å². The van der Waals surface area contributed by atoms with E-state index >= 15 is 0 Å². The molecule has 0 aliphatic carbocycles. The fourth-order valence-electron chi connectivity index (χ4n) is 3.15. The zero-order valence-electron chi connectivity index (χ0n) is 14.7. The monoisotopic (exact) mass is 394 g/mol. The number of hydrogen-bond donors (Lipinski definition) is 0. The van der Waals surface area contributed by atoms with Gasteiger partial charge in [-0.1, -0.05) is 35.9 Å². The van der Waals surface area contributed by atoms with Gasteiger partial charge in [-0.3, -0.25) is 4.68 Å². The van der Waals surface area contributed by atoms with E-state index in [1.807, 2.05) is 42.1 Å². The van der Waals surface area contributed by atoms with Gasteiger partial charge in [0.05, 0.1) is 28.3 Å². The largest absolute Gasteiger partial charge is 0.264 e. The summed E-state index contributed by atoms with van der Waals surface area (Å²) in [7, 11) is 0. The van der Waals surface area contributed by atoms with Gasteiger partial charge in [0.25, 0.3) is 0 Å². The van der Waals surface area contributed by atoms with Gasteiger partial charge in [0.2, 0.25) is 0 Å². The summed E-state index contributed by atoms with van der Waals surface area (Å²) in [6.07, 6.45) is 1.71. The average Bonchev–Trinajstić information content (AvgIpc) is 3.37. The van der Waals surface area contributed by atoms with Crippen LogP contribution in [0.5, 0.6) is 0 Å². The van der Waals surface area contributed by atoms with Crippen molar-refractivity contribution < 1.29 is 0 Å². The molecule has 5 aromatic rings. The van der Waals surface area contributed by atoms with Crippen LogP contribution in [0.1, 0.15) is 17.0 Å². The van der Waals surface area contributed by atoms with Crippen molar-refractivity contribution >= 4 is 38.8 Å². The topological polar surface area (TPSA) is 60.9 Å². The van der Waals surface area contributed by atoms with Gasteiger partial charge in [0.15, 0.2) is 11.5 Å². The van der Waals surface area contributed by atoms with Crippen molar-refractivity contribution in [3.8, 4) is 11.4 Å². The molecule has 0 aliphatic rings. The number of fused-ring (bicyclic) bond motifs is 3. The van der Waals surface area contributed by atoms with Crippen molar-refractivity contribution in [2.45, 2.75) is 20.4 Å². The van der Waals surface area contributed by atoms with E-state index in [9.17, 15) is 0 Å². The molecule has 0 saturated carbocycles. The molecule has 0 unspecified atom stereocenters. The minimum atomic E-state index is 0.678. The van der Waals surface area contributed by atoms with Crippen LogP contribution >= 0.6 is 22.9 Å². The first-order valence-corrected chi connectivity index (χ1v) is 9.73. The lowest BCUT2D eigenvalue weighted by Crippen LogP contribution is -2.03. The lowest BCUT2D eigenvalue weighted by molar-refractivity contribution is 0.659. The molecule has 0 aliphatic heterocycles. The van der Waals surface area contributed by atoms with Crippen molar-refractivity contribution in [2.75, 3.05) is 0 Å². The highest BCUT2D eigenvalue weighted by molar-refractivity contribution is 7.16. The van der Waals surface area contributed by atoms with E-state index in [1.54, 1.807) is 22.2 Å². The summed E-state index contributed by atoms with van der Waals surface area (Å²) in [5.74, 6) is 0.691. The molecule has 6 nitrogen and oxygen atoms in total. The lowest BCUT2D eigenvalue weighted by Gasteiger charge is -2.05. The molecule has 4 aromatic heterocycles. The number of rotatable bonds is 3. The van der Waals surface area contributed by atoms with Crippen molar-refractivity contribution in [3.63, 3.8) is 0 Å². The van der Waals surface area contributed by atoms with Gasteiger partial charge in [-0.25, -0.2) is 14.5 Å². The molecule has 134 valence electrons. The van der Waals surface area contributed by atoms with Crippen molar-refractivity contribution in [3.05, 3.63) is 64.0 Å². The zero-order valence-corrected chi connectivity index (χ0v) is 16.3. The van der Waals surface area contributed by atoms with Crippen LogP contribution < -0.4 is 0 Å². The minimum absolute atomic E-state index is 0.678. The molecule has 0 radical (unpaired) electrons. The Morgan fingerprint density at radius 2 is 1.89 bits per heavy atom. The highest BCUT2D eigenvalue weighted by atomic mass is 35.5. The second kappa shape index (κ2) is 6.14. The highest BCUT2D eigenvalue weighted by Gasteiger charge is 2.12. The van der Waals surface area contributed by atoms with Gasteiger partial charge >= 0.3 is 0 Å². The molecule has 0 spiro atoms. The summed E-state index contributed by atoms with van der Waals surface area (Å²) >= 11 is 7.84. The Bertz CT molecular complexity index is 1280. The van der Waals surface area contributed by atoms with Crippen LogP contribution in [0.4, 0.5) is 0 Å². The maximum absolute atomic E-state index is 6.24. The van der Waals surface area contributed by atoms with Crippen LogP contribution in [0, 0.1) is 13.8 Å². The van der Waals surface area contributed by atoms with Gasteiger partial charge in [-0.05, 0) is 30.9 Å². The number of hydrogen-bond acceptors (Lipinski definition) is 5. The summed E-state index contributed by atoms with van der Waals surface area (Å²) < 4.78 is 3.66. The van der Waals surface area contributed by atoms with Crippen LogP contribution in [0.25, 0.3) is 27.3 Å². The Labute approximate surface area is 164 Å². The molecule has 27 heavy (non-hydrogen) atoms. The highest BCUT2D eigenvalue weighted by Crippen LogP contribution is 2.25. The van der Waals surface area contributed by atoms with Gasteiger partial charge in [-0.2, -0.15) is 5.10 Å². The van der Waals surface area contributed by atoms with E-state index in [1.165, 1.54) is 0 Å². The molecular weight excluding hydrogens is 380 g/mol. The molecule has 0 saturated heterocycles. The molecule has 8 heteroatoms. The minimum Gasteiger partial charge on any atom is -0.264 e. The summed E-state index contributed by atoms with van der Waals surface area (Å²) in [5.41, 5.74) is 4.78. The van der Waals surface area contributed by atoms with Crippen LogP contribution in [0.3, 0.4) is 0 Å². The molecule has 1 aromatic carbocycles. The molecule has 5 rings (SSSR count). The summed E-state index contributed by atoms with van der Waals surface area (Å²) in [4.78, 5) is 10.1. The Balaban J connectivity index is 1.47. The summed E-state index contributed by atoms with van der Waals surface area (Å²) in [6, 6.07) is 10.3. The maximum atomic E-state index is 6.24. The van der Waals surface area contributed by atoms with Crippen LogP contribution in [0.15, 0.2) is 42.0 Å². The second-order valence-electron chi connectivity index (χ2n) is 6.43. The average molecular weight is 395 g/mol. The molecule has 0 fully saturated rings. The standard InChI is InChI=1S/C19H15ClN6S/c1-11-16(20)12(2)25(23-11)9-13-3-5-14(6-4-13)17-22-18-15-7-8-27-19(15)21-10-26(18)24-17/h3-8,10H,9H2,1-2H3. The first-order chi connectivity index (χ1) is 13.1. The smallest absolute Gasteiger partial charge is 0.182 e. The summed E-state index contributed by atoms with van der Waals surface area (Å²) in [5, 5.41) is 12.8. The molecule has 4 heterocycles. The van der Waals surface area contributed by atoms with E-state index < -0.39 is 0 Å². The second-order valence-corrected chi connectivity index (χ2v) is 7.70. The van der Waals surface area contributed by atoms with Crippen molar-refractivity contribution in [1.82, 2.24) is 29.4 Å². The Morgan fingerprint density at radius 1 is 1.07 bits per heavy atom. The fourth-order valence-corrected chi connectivity index (χ4v) is 4.01. The predicted octanol–water partition coefficient (Wildman–Crippen LogP) is 4.52. The molecule has 0 amide bonds. The van der Waals surface area contributed by atoms with Crippen molar-refractivity contribution in [1.29, 1.82) is 0 Å². The molecule has 0 N–H and O–H groups in total. The quantitative estimate of drug-likeness (QED) is 0.451. The first kappa shape index (κ1) is 16.4. The van der Waals surface area contributed by atoms with E-state index in [4.69, 9.17) is 16.6 Å². The third-order valence-corrected chi connectivity index (χ3v) is 6.01. The van der Waals surface area contributed by atoms with Gasteiger partial charge in [0, 0.05) is 5.56 Å². The van der Waals surface area contributed by atoms with E-state index in [0.29, 0.717) is 12.4 Å². The number of aromatic nitrogens is 6. The van der Waals surface area contributed by atoms with Gasteiger partial charge in [-0.15, -0.1) is 16.4 Å². The SMILES string of the molecule is Cc1nn(Cc2ccc(-c3nc4c5ccsc5ncn4n3)cc2)c(C)c1Cl.